The fraction of sp³-hybridized carbons (Fsp3) is 0.750. The van der Waals surface area contributed by atoms with E-state index in [4.69, 9.17) is 14.2 Å². The van der Waals surface area contributed by atoms with Crippen LogP contribution in [0, 0.1) is 5.41 Å². The number of carbonyl (C=O) groups is 5. The molecule has 2 saturated heterocycles. The summed E-state index contributed by atoms with van der Waals surface area (Å²) >= 11 is 0. The number of carbonyl (C=O) groups excluding carboxylic acids is 5. The van der Waals surface area contributed by atoms with E-state index in [2.05, 4.69) is 0 Å². The molecule has 0 radical (unpaired) electrons. The maximum absolute atomic E-state index is 13.5. The first-order chi connectivity index (χ1) is 14.0. The highest BCUT2D eigenvalue weighted by Gasteiger charge is 2.63. The average Bonchev–Trinajstić information content (AvgIpc) is 2.83. The van der Waals surface area contributed by atoms with E-state index in [1.807, 2.05) is 0 Å². The lowest BCUT2D eigenvalue weighted by Crippen LogP contribution is -2.55. The predicted molar refractivity (Wildman–Crippen MR) is 102 cm³/mol. The number of esters is 3. The Hall–Kier alpha value is -2.65. The quantitative estimate of drug-likeness (QED) is 0.336. The van der Waals surface area contributed by atoms with Gasteiger partial charge in [0.05, 0.1) is 26.1 Å². The Morgan fingerprint density at radius 2 is 1.53 bits per heavy atom. The first-order valence-electron chi connectivity index (χ1n) is 10.2. The van der Waals surface area contributed by atoms with E-state index >= 15 is 0 Å². The van der Waals surface area contributed by atoms with E-state index in [1.165, 1.54) is 0 Å². The molecule has 168 valence electrons. The highest BCUT2D eigenvalue weighted by Crippen LogP contribution is 2.42. The molecule has 2 aliphatic heterocycles. The third-order valence-electron chi connectivity index (χ3n) is 4.85. The number of nitrogens with zero attached hydrogens (tertiary/aromatic N) is 2. The van der Waals surface area contributed by atoms with Gasteiger partial charge in [0.15, 0.2) is 11.5 Å². The molecular weight excluding hydrogens is 396 g/mol. The van der Waals surface area contributed by atoms with Gasteiger partial charge in [0.1, 0.15) is 5.60 Å². The molecule has 0 bridgehead atoms. The molecule has 0 spiro atoms. The zero-order valence-corrected chi connectivity index (χ0v) is 18.2. The van der Waals surface area contributed by atoms with Gasteiger partial charge >= 0.3 is 17.9 Å². The molecule has 2 aliphatic rings. The van der Waals surface area contributed by atoms with Crippen LogP contribution in [0.5, 0.6) is 0 Å². The summed E-state index contributed by atoms with van der Waals surface area (Å²) in [6, 6.07) is -1.01. The number of ether oxygens (including phenoxy) is 3. The fourth-order valence-electron chi connectivity index (χ4n) is 3.71. The normalized spacial score (nSPS) is 20.6. The summed E-state index contributed by atoms with van der Waals surface area (Å²) < 4.78 is 15.3. The minimum absolute atomic E-state index is 0.0602. The van der Waals surface area contributed by atoms with Crippen LogP contribution < -0.4 is 0 Å². The van der Waals surface area contributed by atoms with E-state index in [9.17, 15) is 24.0 Å². The largest absolute Gasteiger partial charge is 0.466 e. The number of amides is 2. The Morgan fingerprint density at radius 3 is 2.00 bits per heavy atom. The number of rotatable bonds is 7. The minimum Gasteiger partial charge on any atom is -0.466 e. The summed E-state index contributed by atoms with van der Waals surface area (Å²) in [7, 11) is 0. The molecule has 1 unspecified atom stereocenters. The van der Waals surface area contributed by atoms with Crippen molar-refractivity contribution in [2.45, 2.75) is 71.9 Å². The van der Waals surface area contributed by atoms with Crippen molar-refractivity contribution >= 4 is 29.7 Å². The Balaban J connectivity index is 2.42. The number of fused-ring (bicyclic) bond motifs is 1. The standard InChI is InChI=1S/C20H30N2O8/c1-6-28-14(23)11-20(12-15(24)29-7-2)17(26)21-10-8-9-13(22(21)18(20)27)16(25)30-19(3,4)5/h13H,6-12H2,1-5H3. The van der Waals surface area contributed by atoms with Gasteiger partial charge in [0.25, 0.3) is 11.8 Å². The Morgan fingerprint density at radius 1 is 1.00 bits per heavy atom. The minimum atomic E-state index is -2.00. The highest BCUT2D eigenvalue weighted by atomic mass is 16.6. The second kappa shape index (κ2) is 9.01. The van der Waals surface area contributed by atoms with Crippen LogP contribution in [0.4, 0.5) is 0 Å². The van der Waals surface area contributed by atoms with Gasteiger partial charge in [-0.25, -0.2) is 14.8 Å². The number of hydrogen-bond acceptors (Lipinski definition) is 8. The third kappa shape index (κ3) is 4.73. The molecule has 2 fully saturated rings. The summed E-state index contributed by atoms with van der Waals surface area (Å²) in [5.74, 6) is -3.70. The molecule has 0 saturated carbocycles. The molecule has 1 atom stereocenters. The highest BCUT2D eigenvalue weighted by molar-refractivity contribution is 6.14. The molecule has 2 amide bonds. The van der Waals surface area contributed by atoms with Gasteiger partial charge in [0, 0.05) is 6.54 Å². The Kier molecular flexibility index (Phi) is 7.10. The van der Waals surface area contributed by atoms with Gasteiger partial charge in [-0.05, 0) is 47.5 Å². The summed E-state index contributed by atoms with van der Waals surface area (Å²) in [6.45, 7) is 8.61. The van der Waals surface area contributed by atoms with E-state index in [0.29, 0.717) is 12.8 Å². The Bertz CT molecular complexity index is 707. The van der Waals surface area contributed by atoms with Crippen LogP contribution >= 0.6 is 0 Å². The van der Waals surface area contributed by atoms with Crippen molar-refractivity contribution in [3.8, 4) is 0 Å². The van der Waals surface area contributed by atoms with Crippen LogP contribution in [-0.2, 0) is 38.2 Å². The monoisotopic (exact) mass is 426 g/mol. The maximum atomic E-state index is 13.5. The van der Waals surface area contributed by atoms with E-state index in [-0.39, 0.29) is 19.8 Å². The summed E-state index contributed by atoms with van der Waals surface area (Å²) in [4.78, 5) is 64.0. The van der Waals surface area contributed by atoms with Gasteiger partial charge < -0.3 is 14.2 Å². The van der Waals surface area contributed by atoms with Gasteiger partial charge in [0.2, 0.25) is 0 Å². The molecule has 0 aromatic rings. The second-order valence-corrected chi connectivity index (χ2v) is 8.32. The molecule has 0 aromatic carbocycles. The van der Waals surface area contributed by atoms with Crippen molar-refractivity contribution < 1.29 is 38.2 Å². The first-order valence-corrected chi connectivity index (χ1v) is 10.2. The third-order valence-corrected chi connectivity index (χ3v) is 4.85. The molecule has 0 aliphatic carbocycles. The van der Waals surface area contributed by atoms with Crippen molar-refractivity contribution in [2.75, 3.05) is 19.8 Å². The van der Waals surface area contributed by atoms with Gasteiger partial charge in [-0.3, -0.25) is 19.2 Å². The lowest BCUT2D eigenvalue weighted by atomic mass is 9.80. The van der Waals surface area contributed by atoms with Gasteiger partial charge in [-0.1, -0.05) is 0 Å². The van der Waals surface area contributed by atoms with Crippen LogP contribution in [0.3, 0.4) is 0 Å². The predicted octanol–water partition coefficient (Wildman–Crippen LogP) is 0.969. The lowest BCUT2D eigenvalue weighted by Gasteiger charge is -2.38. The van der Waals surface area contributed by atoms with Gasteiger partial charge in [-0.2, -0.15) is 0 Å². The van der Waals surface area contributed by atoms with Crippen molar-refractivity contribution in [1.29, 1.82) is 0 Å². The summed E-state index contributed by atoms with van der Waals surface area (Å²) in [6.07, 6.45) is -0.440. The fourth-order valence-corrected chi connectivity index (χ4v) is 3.71. The summed E-state index contributed by atoms with van der Waals surface area (Å²) in [5.41, 5.74) is -2.78. The second-order valence-electron chi connectivity index (χ2n) is 8.32. The molecule has 0 aromatic heterocycles. The SMILES string of the molecule is CCOC(=O)CC1(CC(=O)OCC)C(=O)N2CCCC(C(=O)OC(C)(C)C)N2C1=O. The van der Waals surface area contributed by atoms with Crippen LogP contribution in [0.15, 0.2) is 0 Å². The number of hydrogen-bond donors (Lipinski definition) is 0. The molecule has 10 heteroatoms. The molecular formula is C20H30N2O8. The van der Waals surface area contributed by atoms with Crippen LogP contribution in [0.1, 0.15) is 60.3 Å². The topological polar surface area (TPSA) is 120 Å². The van der Waals surface area contributed by atoms with Crippen LogP contribution in [0.2, 0.25) is 0 Å². The van der Waals surface area contributed by atoms with Crippen LogP contribution in [0.25, 0.3) is 0 Å². The van der Waals surface area contributed by atoms with E-state index < -0.39 is 59.6 Å². The zero-order chi connectivity index (χ0) is 22.7. The molecule has 2 heterocycles. The molecule has 30 heavy (non-hydrogen) atoms. The maximum Gasteiger partial charge on any atom is 0.331 e. The molecule has 10 nitrogen and oxygen atoms in total. The van der Waals surface area contributed by atoms with E-state index in [1.54, 1.807) is 34.6 Å². The summed E-state index contributed by atoms with van der Waals surface area (Å²) in [5, 5.41) is 2.21. The smallest absolute Gasteiger partial charge is 0.331 e. The van der Waals surface area contributed by atoms with Crippen molar-refractivity contribution in [3.05, 3.63) is 0 Å². The molecule has 2 rings (SSSR count). The van der Waals surface area contributed by atoms with Crippen molar-refractivity contribution in [3.63, 3.8) is 0 Å². The Labute approximate surface area is 175 Å². The average molecular weight is 426 g/mol. The molecule has 0 N–H and O–H groups in total. The van der Waals surface area contributed by atoms with Crippen molar-refractivity contribution in [1.82, 2.24) is 10.0 Å². The number of hydrazine groups is 1. The van der Waals surface area contributed by atoms with E-state index in [0.717, 1.165) is 10.0 Å². The van der Waals surface area contributed by atoms with Crippen LogP contribution in [-0.4, -0.2) is 71.1 Å². The van der Waals surface area contributed by atoms with Crippen molar-refractivity contribution in [2.24, 2.45) is 5.41 Å². The zero-order valence-electron chi connectivity index (χ0n) is 18.2. The first kappa shape index (κ1) is 23.6. The van der Waals surface area contributed by atoms with Gasteiger partial charge in [-0.15, -0.1) is 0 Å². The lowest BCUT2D eigenvalue weighted by molar-refractivity contribution is -0.179.